The number of carbonyl (C=O) groups is 2. The number of hydrogen-bond acceptors (Lipinski definition) is 4. The van der Waals surface area contributed by atoms with Crippen molar-refractivity contribution >= 4 is 12.2 Å². The Labute approximate surface area is 182 Å². The standard InChI is InChI=1S/C24H29FN2O4/c1-24(2,3)31-22(28)26-18-13-14-27(21(15-18)19-11-7-8-12-20(19)25)23(29)30-16-17-9-5-4-6-10-17/h4-12,18,21H,13-16H2,1-3H3,(H,26,28). The maximum absolute atomic E-state index is 14.6. The number of likely N-dealkylation sites (tertiary alicyclic amines) is 1. The number of piperidine rings is 1. The van der Waals surface area contributed by atoms with Crippen LogP contribution >= 0.6 is 0 Å². The molecule has 0 bridgehead atoms. The quantitative estimate of drug-likeness (QED) is 0.727. The summed E-state index contributed by atoms with van der Waals surface area (Å²) < 4.78 is 25.4. The molecular weight excluding hydrogens is 399 g/mol. The molecule has 7 heteroatoms. The Hall–Kier alpha value is -3.09. The smallest absolute Gasteiger partial charge is 0.410 e. The number of amides is 2. The molecule has 3 rings (SSSR count). The first-order valence-electron chi connectivity index (χ1n) is 10.4. The largest absolute Gasteiger partial charge is 0.445 e. The van der Waals surface area contributed by atoms with Crippen molar-refractivity contribution in [2.24, 2.45) is 0 Å². The third-order valence-corrected chi connectivity index (χ3v) is 5.03. The molecule has 1 N–H and O–H groups in total. The van der Waals surface area contributed by atoms with E-state index in [2.05, 4.69) is 5.32 Å². The fraction of sp³-hybridized carbons (Fsp3) is 0.417. The van der Waals surface area contributed by atoms with Gasteiger partial charge in [0.2, 0.25) is 0 Å². The molecule has 2 atom stereocenters. The summed E-state index contributed by atoms with van der Waals surface area (Å²) in [7, 11) is 0. The minimum atomic E-state index is -0.614. The molecule has 2 aromatic carbocycles. The summed E-state index contributed by atoms with van der Waals surface area (Å²) in [6.45, 7) is 5.84. The fourth-order valence-electron chi connectivity index (χ4n) is 3.63. The summed E-state index contributed by atoms with van der Waals surface area (Å²) in [6.07, 6.45) is -0.150. The number of carbonyl (C=O) groups excluding carboxylic acids is 2. The number of halogens is 1. The van der Waals surface area contributed by atoms with Crippen molar-refractivity contribution in [1.29, 1.82) is 0 Å². The van der Waals surface area contributed by atoms with Gasteiger partial charge in [0.15, 0.2) is 0 Å². The Morgan fingerprint density at radius 1 is 1.10 bits per heavy atom. The first-order valence-corrected chi connectivity index (χ1v) is 10.4. The second-order valence-electron chi connectivity index (χ2n) is 8.64. The molecule has 1 heterocycles. The van der Waals surface area contributed by atoms with E-state index in [1.807, 2.05) is 30.3 Å². The first-order chi connectivity index (χ1) is 14.7. The van der Waals surface area contributed by atoms with Crippen molar-refractivity contribution in [2.75, 3.05) is 6.54 Å². The number of nitrogens with zero attached hydrogens (tertiary/aromatic N) is 1. The van der Waals surface area contributed by atoms with Gasteiger partial charge in [-0.05, 0) is 45.2 Å². The summed E-state index contributed by atoms with van der Waals surface area (Å²) >= 11 is 0. The third-order valence-electron chi connectivity index (χ3n) is 5.03. The molecule has 6 nitrogen and oxygen atoms in total. The van der Waals surface area contributed by atoms with E-state index in [1.165, 1.54) is 11.0 Å². The number of rotatable bonds is 4. The average molecular weight is 429 g/mol. The molecule has 1 aliphatic rings. The van der Waals surface area contributed by atoms with Crippen molar-refractivity contribution in [3.63, 3.8) is 0 Å². The van der Waals surface area contributed by atoms with Gasteiger partial charge in [0.1, 0.15) is 18.0 Å². The molecule has 1 aliphatic heterocycles. The van der Waals surface area contributed by atoms with Crippen molar-refractivity contribution in [3.8, 4) is 0 Å². The van der Waals surface area contributed by atoms with Crippen LogP contribution in [0.2, 0.25) is 0 Å². The van der Waals surface area contributed by atoms with E-state index < -0.39 is 29.6 Å². The maximum Gasteiger partial charge on any atom is 0.410 e. The lowest BCUT2D eigenvalue weighted by atomic mass is 9.92. The van der Waals surface area contributed by atoms with Crippen LogP contribution in [0.3, 0.4) is 0 Å². The Kier molecular flexibility index (Phi) is 7.15. The highest BCUT2D eigenvalue weighted by atomic mass is 19.1. The van der Waals surface area contributed by atoms with Crippen LogP contribution in [0.4, 0.5) is 14.0 Å². The minimum Gasteiger partial charge on any atom is -0.445 e. The molecule has 1 fully saturated rings. The molecule has 2 aromatic rings. The lowest BCUT2D eigenvalue weighted by Crippen LogP contribution is -2.49. The van der Waals surface area contributed by atoms with Gasteiger partial charge in [0.25, 0.3) is 0 Å². The minimum absolute atomic E-state index is 0.139. The van der Waals surface area contributed by atoms with E-state index in [-0.39, 0.29) is 12.6 Å². The summed E-state index contributed by atoms with van der Waals surface area (Å²) in [5.74, 6) is -0.397. The number of ether oxygens (including phenoxy) is 2. The van der Waals surface area contributed by atoms with Gasteiger partial charge in [-0.2, -0.15) is 0 Å². The normalized spacial score (nSPS) is 18.9. The van der Waals surface area contributed by atoms with Crippen molar-refractivity contribution in [3.05, 3.63) is 71.5 Å². The van der Waals surface area contributed by atoms with Crippen molar-refractivity contribution in [1.82, 2.24) is 10.2 Å². The Bertz CT molecular complexity index is 898. The second kappa shape index (κ2) is 9.81. The molecule has 2 amide bonds. The molecule has 0 aromatic heterocycles. The summed E-state index contributed by atoms with van der Waals surface area (Å²) in [6, 6.07) is 14.9. The summed E-state index contributed by atoms with van der Waals surface area (Å²) in [5.41, 5.74) is 0.659. The van der Waals surface area contributed by atoms with E-state index in [0.29, 0.717) is 24.9 Å². The van der Waals surface area contributed by atoms with E-state index in [0.717, 1.165) is 5.56 Å². The zero-order chi connectivity index (χ0) is 22.4. The van der Waals surface area contributed by atoms with E-state index >= 15 is 0 Å². The molecule has 0 saturated carbocycles. The van der Waals surface area contributed by atoms with Crippen LogP contribution in [-0.4, -0.2) is 35.3 Å². The Morgan fingerprint density at radius 2 is 1.77 bits per heavy atom. The molecule has 31 heavy (non-hydrogen) atoms. The number of alkyl carbamates (subject to hydrolysis) is 1. The zero-order valence-electron chi connectivity index (χ0n) is 18.1. The van der Waals surface area contributed by atoms with E-state index in [4.69, 9.17) is 9.47 Å². The molecule has 0 spiro atoms. The molecule has 0 radical (unpaired) electrons. The van der Waals surface area contributed by atoms with Gasteiger partial charge in [-0.1, -0.05) is 48.5 Å². The lowest BCUT2D eigenvalue weighted by Gasteiger charge is -2.39. The van der Waals surface area contributed by atoms with Crippen LogP contribution in [0, 0.1) is 5.82 Å². The van der Waals surface area contributed by atoms with Gasteiger partial charge in [0.05, 0.1) is 6.04 Å². The van der Waals surface area contributed by atoms with Crippen LogP contribution in [0.5, 0.6) is 0 Å². The Balaban J connectivity index is 1.72. The van der Waals surface area contributed by atoms with E-state index in [9.17, 15) is 14.0 Å². The monoisotopic (exact) mass is 428 g/mol. The van der Waals surface area contributed by atoms with Crippen LogP contribution < -0.4 is 5.32 Å². The molecule has 0 aliphatic carbocycles. The molecule has 2 unspecified atom stereocenters. The predicted molar refractivity (Wildman–Crippen MR) is 115 cm³/mol. The summed E-state index contributed by atoms with van der Waals surface area (Å²) in [5, 5.41) is 2.85. The SMILES string of the molecule is CC(C)(C)OC(=O)NC1CCN(C(=O)OCc2ccccc2)C(c2ccccc2F)C1. The number of benzene rings is 2. The molecular formula is C24H29FN2O4. The van der Waals surface area contributed by atoms with Gasteiger partial charge < -0.3 is 19.7 Å². The second-order valence-corrected chi connectivity index (χ2v) is 8.64. The third kappa shape index (κ3) is 6.44. The number of hydrogen-bond donors (Lipinski definition) is 1. The Morgan fingerprint density at radius 3 is 2.45 bits per heavy atom. The van der Waals surface area contributed by atoms with Gasteiger partial charge in [-0.3, -0.25) is 0 Å². The highest BCUT2D eigenvalue weighted by Crippen LogP contribution is 2.33. The van der Waals surface area contributed by atoms with Crippen LogP contribution in [0.15, 0.2) is 54.6 Å². The lowest BCUT2D eigenvalue weighted by molar-refractivity contribution is 0.0412. The fourth-order valence-corrected chi connectivity index (χ4v) is 3.63. The van der Waals surface area contributed by atoms with Crippen LogP contribution in [0.1, 0.15) is 50.8 Å². The summed E-state index contributed by atoms with van der Waals surface area (Å²) in [4.78, 5) is 26.6. The van der Waals surface area contributed by atoms with Crippen molar-refractivity contribution in [2.45, 2.75) is 57.9 Å². The molecule has 1 saturated heterocycles. The van der Waals surface area contributed by atoms with Gasteiger partial charge in [-0.25, -0.2) is 14.0 Å². The highest BCUT2D eigenvalue weighted by molar-refractivity contribution is 5.70. The van der Waals surface area contributed by atoms with Gasteiger partial charge in [0, 0.05) is 18.2 Å². The maximum atomic E-state index is 14.6. The van der Waals surface area contributed by atoms with Crippen LogP contribution in [-0.2, 0) is 16.1 Å². The number of nitrogens with one attached hydrogen (secondary N) is 1. The topological polar surface area (TPSA) is 67.9 Å². The van der Waals surface area contributed by atoms with Crippen molar-refractivity contribution < 1.29 is 23.5 Å². The molecule has 166 valence electrons. The van der Waals surface area contributed by atoms with E-state index in [1.54, 1.807) is 39.0 Å². The first kappa shape index (κ1) is 22.6. The van der Waals surface area contributed by atoms with Gasteiger partial charge in [-0.15, -0.1) is 0 Å². The average Bonchev–Trinajstić information content (AvgIpc) is 2.71. The van der Waals surface area contributed by atoms with Gasteiger partial charge >= 0.3 is 12.2 Å². The highest BCUT2D eigenvalue weighted by Gasteiger charge is 2.36. The van der Waals surface area contributed by atoms with Crippen LogP contribution in [0.25, 0.3) is 0 Å². The zero-order valence-corrected chi connectivity index (χ0v) is 18.1. The predicted octanol–water partition coefficient (Wildman–Crippen LogP) is 5.19.